The Labute approximate surface area is 98.4 Å². The van der Waals surface area contributed by atoms with Gasteiger partial charge in [0, 0.05) is 18.3 Å². The van der Waals surface area contributed by atoms with E-state index < -0.39 is 0 Å². The van der Waals surface area contributed by atoms with Crippen LogP contribution in [0.3, 0.4) is 0 Å². The summed E-state index contributed by atoms with van der Waals surface area (Å²) in [5.74, 6) is 0. The number of hydrogen-bond donors (Lipinski definition) is 2. The first-order valence-electron chi connectivity index (χ1n) is 6.31. The summed E-state index contributed by atoms with van der Waals surface area (Å²) in [6, 6.07) is 7.19. The van der Waals surface area contributed by atoms with Crippen LogP contribution in [0.4, 0.5) is 5.69 Å². The topological polar surface area (TPSA) is 24.1 Å². The molecule has 0 aromatic heterocycles. The molecule has 0 aliphatic carbocycles. The summed E-state index contributed by atoms with van der Waals surface area (Å²) >= 11 is 0. The fourth-order valence-electron chi connectivity index (χ4n) is 2.33. The fraction of sp³-hybridized carbons (Fsp3) is 0.571. The van der Waals surface area contributed by atoms with Crippen molar-refractivity contribution in [2.75, 3.05) is 18.4 Å². The van der Waals surface area contributed by atoms with E-state index in [1.54, 1.807) is 0 Å². The van der Waals surface area contributed by atoms with Crippen molar-refractivity contribution in [2.45, 2.75) is 39.2 Å². The van der Waals surface area contributed by atoms with Gasteiger partial charge in [-0.05, 0) is 56.8 Å². The molecule has 1 aliphatic heterocycles. The lowest BCUT2D eigenvalue weighted by atomic mass is 10.1. The van der Waals surface area contributed by atoms with E-state index in [1.807, 2.05) is 0 Å². The Morgan fingerprint density at radius 3 is 3.00 bits per heavy atom. The highest BCUT2D eigenvalue weighted by atomic mass is 14.9. The molecule has 88 valence electrons. The van der Waals surface area contributed by atoms with Crippen LogP contribution in [0.15, 0.2) is 18.2 Å². The summed E-state index contributed by atoms with van der Waals surface area (Å²) in [7, 11) is 0. The number of aryl methyl sites for hydroxylation is 1. The molecule has 2 nitrogen and oxygen atoms in total. The summed E-state index contributed by atoms with van der Waals surface area (Å²) < 4.78 is 0. The normalized spacial score (nSPS) is 20.0. The van der Waals surface area contributed by atoms with Crippen LogP contribution in [0.5, 0.6) is 0 Å². The summed E-state index contributed by atoms with van der Waals surface area (Å²) in [5.41, 5.74) is 4.03. The van der Waals surface area contributed by atoms with Crippen molar-refractivity contribution < 1.29 is 0 Å². The average Bonchev–Trinajstić information content (AvgIpc) is 2.77. The van der Waals surface area contributed by atoms with Gasteiger partial charge in [0.25, 0.3) is 0 Å². The predicted octanol–water partition coefficient (Wildman–Crippen LogP) is 2.86. The molecule has 1 saturated heterocycles. The first kappa shape index (κ1) is 11.5. The lowest BCUT2D eigenvalue weighted by molar-refractivity contribution is 0.574. The molecule has 1 aromatic rings. The molecule has 0 bridgehead atoms. The van der Waals surface area contributed by atoms with E-state index >= 15 is 0 Å². The van der Waals surface area contributed by atoms with Gasteiger partial charge in [-0.1, -0.05) is 12.1 Å². The summed E-state index contributed by atoms with van der Waals surface area (Å²) in [4.78, 5) is 0. The van der Waals surface area contributed by atoms with Crippen LogP contribution in [0, 0.1) is 13.8 Å². The van der Waals surface area contributed by atoms with Crippen molar-refractivity contribution in [2.24, 2.45) is 0 Å². The van der Waals surface area contributed by atoms with Gasteiger partial charge in [-0.25, -0.2) is 0 Å². The fourth-order valence-corrected chi connectivity index (χ4v) is 2.33. The van der Waals surface area contributed by atoms with E-state index in [-0.39, 0.29) is 0 Å². The molecule has 1 aromatic carbocycles. The van der Waals surface area contributed by atoms with Crippen molar-refractivity contribution in [1.82, 2.24) is 5.32 Å². The summed E-state index contributed by atoms with van der Waals surface area (Å²) in [6.07, 6.45) is 3.91. The zero-order chi connectivity index (χ0) is 11.4. The van der Waals surface area contributed by atoms with Gasteiger partial charge in [0.15, 0.2) is 0 Å². The van der Waals surface area contributed by atoms with Gasteiger partial charge in [-0.15, -0.1) is 0 Å². The quantitative estimate of drug-likeness (QED) is 0.812. The minimum absolute atomic E-state index is 0.734. The smallest absolute Gasteiger partial charge is 0.0372 e. The standard InChI is InChI=1S/C14H22N2/c1-11-5-3-7-14(12(11)2)16-10-8-13-6-4-9-15-13/h3,5,7,13,15-16H,4,6,8-10H2,1-2H3. The Balaban J connectivity index is 1.82. The average molecular weight is 218 g/mol. The van der Waals surface area contributed by atoms with Crippen molar-refractivity contribution >= 4 is 5.69 Å². The highest BCUT2D eigenvalue weighted by molar-refractivity contribution is 5.53. The van der Waals surface area contributed by atoms with Gasteiger partial charge in [-0.3, -0.25) is 0 Å². The minimum Gasteiger partial charge on any atom is -0.385 e. The van der Waals surface area contributed by atoms with Crippen LogP contribution in [0.1, 0.15) is 30.4 Å². The van der Waals surface area contributed by atoms with E-state index in [9.17, 15) is 0 Å². The number of nitrogens with one attached hydrogen (secondary N) is 2. The predicted molar refractivity (Wildman–Crippen MR) is 70.0 cm³/mol. The maximum absolute atomic E-state index is 3.54. The van der Waals surface area contributed by atoms with Crippen LogP contribution in [-0.2, 0) is 0 Å². The third-order valence-electron chi connectivity index (χ3n) is 3.58. The van der Waals surface area contributed by atoms with E-state index in [4.69, 9.17) is 0 Å². The van der Waals surface area contributed by atoms with Crippen molar-refractivity contribution in [1.29, 1.82) is 0 Å². The maximum atomic E-state index is 3.54. The second-order valence-electron chi connectivity index (χ2n) is 4.76. The Kier molecular flexibility index (Phi) is 3.83. The van der Waals surface area contributed by atoms with Crippen LogP contribution >= 0.6 is 0 Å². The van der Waals surface area contributed by atoms with Gasteiger partial charge < -0.3 is 10.6 Å². The highest BCUT2D eigenvalue weighted by Crippen LogP contribution is 2.18. The molecule has 2 rings (SSSR count). The summed E-state index contributed by atoms with van der Waals surface area (Å²) in [5, 5.41) is 7.07. The zero-order valence-corrected chi connectivity index (χ0v) is 10.3. The molecule has 1 unspecified atom stereocenters. The van der Waals surface area contributed by atoms with Crippen LogP contribution < -0.4 is 10.6 Å². The molecule has 1 fully saturated rings. The molecule has 1 heterocycles. The Morgan fingerprint density at radius 1 is 1.38 bits per heavy atom. The third-order valence-corrected chi connectivity index (χ3v) is 3.58. The molecule has 0 radical (unpaired) electrons. The van der Waals surface area contributed by atoms with Gasteiger partial charge in [0.05, 0.1) is 0 Å². The molecular formula is C14H22N2. The Bertz CT molecular complexity index is 341. The second kappa shape index (κ2) is 5.35. The molecule has 2 heteroatoms. The van der Waals surface area contributed by atoms with E-state index in [1.165, 1.54) is 42.6 Å². The minimum atomic E-state index is 0.734. The van der Waals surface area contributed by atoms with Crippen molar-refractivity contribution in [3.63, 3.8) is 0 Å². The number of anilines is 1. The second-order valence-corrected chi connectivity index (χ2v) is 4.76. The molecule has 2 N–H and O–H groups in total. The number of benzene rings is 1. The highest BCUT2D eigenvalue weighted by Gasteiger charge is 2.12. The SMILES string of the molecule is Cc1cccc(NCCC2CCCN2)c1C. The zero-order valence-electron chi connectivity index (χ0n) is 10.3. The largest absolute Gasteiger partial charge is 0.385 e. The Hall–Kier alpha value is -1.02. The lowest BCUT2D eigenvalue weighted by Crippen LogP contribution is -2.24. The lowest BCUT2D eigenvalue weighted by Gasteiger charge is -2.14. The monoisotopic (exact) mass is 218 g/mol. The first-order valence-corrected chi connectivity index (χ1v) is 6.31. The molecule has 0 saturated carbocycles. The molecule has 16 heavy (non-hydrogen) atoms. The van der Waals surface area contributed by atoms with E-state index in [0.29, 0.717) is 0 Å². The van der Waals surface area contributed by atoms with Crippen LogP contribution in [0.25, 0.3) is 0 Å². The van der Waals surface area contributed by atoms with Gasteiger partial charge >= 0.3 is 0 Å². The summed E-state index contributed by atoms with van der Waals surface area (Å²) in [6.45, 7) is 6.63. The molecular weight excluding hydrogens is 196 g/mol. The van der Waals surface area contributed by atoms with Crippen LogP contribution in [-0.4, -0.2) is 19.1 Å². The molecule has 0 amide bonds. The Morgan fingerprint density at radius 2 is 2.25 bits per heavy atom. The van der Waals surface area contributed by atoms with Gasteiger partial charge in [0.2, 0.25) is 0 Å². The van der Waals surface area contributed by atoms with E-state index in [0.717, 1.165) is 12.6 Å². The molecule has 1 atom stereocenters. The molecule has 1 aliphatic rings. The first-order chi connectivity index (χ1) is 7.77. The van der Waals surface area contributed by atoms with Gasteiger partial charge in [0.1, 0.15) is 0 Å². The molecule has 0 spiro atoms. The van der Waals surface area contributed by atoms with Crippen LogP contribution in [0.2, 0.25) is 0 Å². The maximum Gasteiger partial charge on any atom is 0.0372 e. The van der Waals surface area contributed by atoms with Gasteiger partial charge in [-0.2, -0.15) is 0 Å². The third kappa shape index (κ3) is 2.76. The van der Waals surface area contributed by atoms with E-state index in [2.05, 4.69) is 42.7 Å². The van der Waals surface area contributed by atoms with Crippen molar-refractivity contribution in [3.8, 4) is 0 Å². The number of rotatable bonds is 4. The number of hydrogen-bond acceptors (Lipinski definition) is 2. The van der Waals surface area contributed by atoms with Crippen molar-refractivity contribution in [3.05, 3.63) is 29.3 Å².